The maximum atomic E-state index is 11.4. The summed E-state index contributed by atoms with van der Waals surface area (Å²) < 4.78 is 4.85. The van der Waals surface area contributed by atoms with E-state index >= 15 is 0 Å². The second-order valence-corrected chi connectivity index (χ2v) is 3.63. The van der Waals surface area contributed by atoms with E-state index < -0.39 is 6.04 Å². The Morgan fingerprint density at radius 1 is 1.36 bits per heavy atom. The van der Waals surface area contributed by atoms with Crippen molar-refractivity contribution in [1.82, 2.24) is 5.32 Å². The molecular formula is C10H19NO3. The van der Waals surface area contributed by atoms with Crippen LogP contribution in [0.15, 0.2) is 0 Å². The summed E-state index contributed by atoms with van der Waals surface area (Å²) in [5.41, 5.74) is 0. The zero-order chi connectivity index (χ0) is 11.1. The highest BCUT2D eigenvalue weighted by Gasteiger charge is 2.21. The van der Waals surface area contributed by atoms with Crippen LogP contribution in [0.3, 0.4) is 0 Å². The van der Waals surface area contributed by atoms with E-state index in [9.17, 15) is 9.59 Å². The number of amides is 1. The van der Waals surface area contributed by atoms with Gasteiger partial charge >= 0.3 is 5.97 Å². The number of ether oxygens (including phenoxy) is 1. The van der Waals surface area contributed by atoms with E-state index in [4.69, 9.17) is 4.74 Å². The summed E-state index contributed by atoms with van der Waals surface area (Å²) in [5, 5.41) is 2.58. The lowest BCUT2D eigenvalue weighted by molar-refractivity contribution is -0.147. The first-order chi connectivity index (χ1) is 6.47. The van der Waals surface area contributed by atoms with Gasteiger partial charge in [0.1, 0.15) is 6.04 Å². The molecule has 0 heterocycles. The van der Waals surface area contributed by atoms with Crippen LogP contribution in [-0.4, -0.2) is 24.5 Å². The number of rotatable bonds is 5. The van der Waals surface area contributed by atoms with Crippen LogP contribution in [0.5, 0.6) is 0 Å². The van der Waals surface area contributed by atoms with Gasteiger partial charge < -0.3 is 10.1 Å². The Kier molecular flexibility index (Phi) is 5.92. The summed E-state index contributed by atoms with van der Waals surface area (Å²) >= 11 is 0. The SMILES string of the molecule is CCOC(=O)[C@@H](CC(C)C)NC(C)=O. The van der Waals surface area contributed by atoms with Crippen LogP contribution in [0.1, 0.15) is 34.1 Å². The average molecular weight is 201 g/mol. The number of esters is 1. The first-order valence-corrected chi connectivity index (χ1v) is 4.91. The van der Waals surface area contributed by atoms with Crippen LogP contribution in [0.25, 0.3) is 0 Å². The molecule has 0 radical (unpaired) electrons. The van der Waals surface area contributed by atoms with Crippen molar-refractivity contribution in [3.05, 3.63) is 0 Å². The standard InChI is InChI=1S/C10H19NO3/c1-5-14-10(13)9(6-7(2)3)11-8(4)12/h7,9H,5-6H2,1-4H3,(H,11,12)/t9-/m1/s1. The predicted molar refractivity (Wildman–Crippen MR) is 53.7 cm³/mol. The highest BCUT2D eigenvalue weighted by molar-refractivity contribution is 5.83. The predicted octanol–water partition coefficient (Wildman–Crippen LogP) is 1.10. The van der Waals surface area contributed by atoms with Gasteiger partial charge in [-0.2, -0.15) is 0 Å². The van der Waals surface area contributed by atoms with Crippen LogP contribution in [-0.2, 0) is 14.3 Å². The summed E-state index contributed by atoms with van der Waals surface area (Å²) in [6.45, 7) is 7.47. The maximum absolute atomic E-state index is 11.4. The van der Waals surface area contributed by atoms with Crippen LogP contribution in [0, 0.1) is 5.92 Å². The van der Waals surface area contributed by atoms with Gasteiger partial charge in [0, 0.05) is 6.92 Å². The third kappa shape index (κ3) is 5.56. The molecule has 0 aromatic heterocycles. The molecule has 1 amide bonds. The number of nitrogens with one attached hydrogen (secondary N) is 1. The summed E-state index contributed by atoms with van der Waals surface area (Å²) in [6.07, 6.45) is 0.610. The number of hydrogen-bond donors (Lipinski definition) is 1. The maximum Gasteiger partial charge on any atom is 0.328 e. The average Bonchev–Trinajstić information content (AvgIpc) is 2.01. The number of hydrogen-bond acceptors (Lipinski definition) is 3. The van der Waals surface area contributed by atoms with E-state index in [1.54, 1.807) is 6.92 Å². The van der Waals surface area contributed by atoms with Gasteiger partial charge in [-0.05, 0) is 19.3 Å². The topological polar surface area (TPSA) is 55.4 Å². The fraction of sp³-hybridized carbons (Fsp3) is 0.800. The van der Waals surface area contributed by atoms with Gasteiger partial charge in [-0.15, -0.1) is 0 Å². The van der Waals surface area contributed by atoms with Gasteiger partial charge in [-0.25, -0.2) is 4.79 Å². The molecule has 14 heavy (non-hydrogen) atoms. The lowest BCUT2D eigenvalue weighted by atomic mass is 10.0. The monoisotopic (exact) mass is 201 g/mol. The van der Waals surface area contributed by atoms with E-state index in [0.29, 0.717) is 18.9 Å². The normalized spacial score (nSPS) is 12.4. The quantitative estimate of drug-likeness (QED) is 0.678. The first-order valence-electron chi connectivity index (χ1n) is 4.91. The van der Waals surface area contributed by atoms with Crippen LogP contribution in [0.2, 0.25) is 0 Å². The Bertz CT molecular complexity index is 202. The molecule has 0 saturated heterocycles. The van der Waals surface area contributed by atoms with Crippen molar-refractivity contribution in [3.63, 3.8) is 0 Å². The van der Waals surface area contributed by atoms with Crippen molar-refractivity contribution in [2.24, 2.45) is 5.92 Å². The molecule has 1 N–H and O–H groups in total. The lowest BCUT2D eigenvalue weighted by Gasteiger charge is -2.17. The lowest BCUT2D eigenvalue weighted by Crippen LogP contribution is -2.41. The van der Waals surface area contributed by atoms with Gasteiger partial charge in [0.05, 0.1) is 6.61 Å². The molecular weight excluding hydrogens is 182 g/mol. The largest absolute Gasteiger partial charge is 0.464 e. The van der Waals surface area contributed by atoms with E-state index in [2.05, 4.69) is 5.32 Å². The minimum absolute atomic E-state index is 0.205. The van der Waals surface area contributed by atoms with Crippen molar-refractivity contribution in [1.29, 1.82) is 0 Å². The van der Waals surface area contributed by atoms with Gasteiger partial charge in [0.15, 0.2) is 0 Å². The molecule has 0 aliphatic rings. The Balaban J connectivity index is 4.22. The molecule has 82 valence electrons. The molecule has 0 aromatic carbocycles. The van der Waals surface area contributed by atoms with E-state index in [1.807, 2.05) is 13.8 Å². The van der Waals surface area contributed by atoms with Crippen LogP contribution >= 0.6 is 0 Å². The summed E-state index contributed by atoms with van der Waals surface area (Å²) in [5.74, 6) is -0.212. The summed E-state index contributed by atoms with van der Waals surface area (Å²) in [6, 6.07) is -0.507. The fourth-order valence-electron chi connectivity index (χ4n) is 1.17. The molecule has 0 aliphatic heterocycles. The molecule has 0 saturated carbocycles. The molecule has 1 atom stereocenters. The van der Waals surface area contributed by atoms with Gasteiger partial charge in [-0.3, -0.25) is 4.79 Å². The Hall–Kier alpha value is -1.06. The molecule has 4 nitrogen and oxygen atoms in total. The molecule has 0 unspecified atom stereocenters. The smallest absolute Gasteiger partial charge is 0.328 e. The number of carbonyl (C=O) groups excluding carboxylic acids is 2. The zero-order valence-electron chi connectivity index (χ0n) is 9.29. The van der Waals surface area contributed by atoms with Crippen molar-refractivity contribution in [2.45, 2.75) is 40.2 Å². The van der Waals surface area contributed by atoms with Crippen molar-refractivity contribution in [2.75, 3.05) is 6.61 Å². The fourth-order valence-corrected chi connectivity index (χ4v) is 1.17. The third-order valence-corrected chi connectivity index (χ3v) is 1.66. The highest BCUT2D eigenvalue weighted by atomic mass is 16.5. The van der Waals surface area contributed by atoms with Crippen molar-refractivity contribution in [3.8, 4) is 0 Å². The van der Waals surface area contributed by atoms with Gasteiger partial charge in [0.25, 0.3) is 0 Å². The highest BCUT2D eigenvalue weighted by Crippen LogP contribution is 2.06. The van der Waals surface area contributed by atoms with Crippen LogP contribution < -0.4 is 5.32 Å². The third-order valence-electron chi connectivity index (χ3n) is 1.66. The second kappa shape index (κ2) is 6.40. The van der Waals surface area contributed by atoms with E-state index in [1.165, 1.54) is 6.92 Å². The molecule has 4 heteroatoms. The Morgan fingerprint density at radius 3 is 2.29 bits per heavy atom. The minimum Gasteiger partial charge on any atom is -0.464 e. The Morgan fingerprint density at radius 2 is 1.93 bits per heavy atom. The number of carbonyl (C=O) groups is 2. The second-order valence-electron chi connectivity index (χ2n) is 3.63. The summed E-state index contributed by atoms with van der Waals surface area (Å²) in [4.78, 5) is 22.2. The van der Waals surface area contributed by atoms with E-state index in [0.717, 1.165) is 0 Å². The molecule has 0 spiro atoms. The molecule has 0 rings (SSSR count). The minimum atomic E-state index is -0.507. The van der Waals surface area contributed by atoms with Gasteiger partial charge in [0.2, 0.25) is 5.91 Å². The summed E-state index contributed by atoms with van der Waals surface area (Å²) in [7, 11) is 0. The van der Waals surface area contributed by atoms with Gasteiger partial charge in [-0.1, -0.05) is 13.8 Å². The Labute approximate surface area is 85.0 Å². The van der Waals surface area contributed by atoms with E-state index in [-0.39, 0.29) is 11.9 Å². The molecule has 0 aliphatic carbocycles. The zero-order valence-corrected chi connectivity index (χ0v) is 9.29. The van der Waals surface area contributed by atoms with Crippen molar-refractivity contribution >= 4 is 11.9 Å². The van der Waals surface area contributed by atoms with Crippen LogP contribution in [0.4, 0.5) is 0 Å². The molecule has 0 aromatic rings. The molecule has 0 bridgehead atoms. The molecule has 0 fully saturated rings. The van der Waals surface area contributed by atoms with Crippen molar-refractivity contribution < 1.29 is 14.3 Å². The first kappa shape index (κ1) is 12.9.